The first-order chi connectivity index (χ1) is 17.7. The molecule has 2 aliphatic heterocycles. The minimum atomic E-state index is -0.125. The molecule has 3 aromatic rings. The Bertz CT molecular complexity index is 1240. The molecule has 4 heterocycles. The molecule has 6 heteroatoms. The number of ether oxygens (including phenoxy) is 1. The van der Waals surface area contributed by atoms with Gasteiger partial charge in [-0.1, -0.05) is 19.9 Å². The summed E-state index contributed by atoms with van der Waals surface area (Å²) in [6, 6.07) is 11.3. The van der Waals surface area contributed by atoms with Crippen LogP contribution >= 0.6 is 0 Å². The molecule has 1 aromatic carbocycles. The number of aryl methyl sites for hydroxylation is 2. The maximum absolute atomic E-state index is 12.7. The summed E-state index contributed by atoms with van der Waals surface area (Å²) in [7, 11) is 0. The van der Waals surface area contributed by atoms with Crippen molar-refractivity contribution < 1.29 is 9.53 Å². The average Bonchev–Trinajstić information content (AvgIpc) is 3.23. The molecule has 2 saturated heterocycles. The summed E-state index contributed by atoms with van der Waals surface area (Å²) < 4.78 is 5.46. The van der Waals surface area contributed by atoms with Crippen molar-refractivity contribution in [3.05, 3.63) is 52.8 Å². The van der Waals surface area contributed by atoms with Crippen LogP contribution in [0.2, 0.25) is 0 Å². The van der Waals surface area contributed by atoms with Gasteiger partial charge in [-0.05, 0) is 107 Å². The van der Waals surface area contributed by atoms with Crippen molar-refractivity contribution >= 4 is 16.8 Å². The summed E-state index contributed by atoms with van der Waals surface area (Å²) in [4.78, 5) is 23.4. The van der Waals surface area contributed by atoms with Crippen molar-refractivity contribution in [2.45, 2.75) is 77.7 Å². The highest BCUT2D eigenvalue weighted by Crippen LogP contribution is 2.38. The Morgan fingerprint density at radius 3 is 2.46 bits per heavy atom. The van der Waals surface area contributed by atoms with Gasteiger partial charge >= 0.3 is 0 Å². The minimum absolute atomic E-state index is 0.125. The summed E-state index contributed by atoms with van der Waals surface area (Å²) >= 11 is 0. The summed E-state index contributed by atoms with van der Waals surface area (Å²) in [6.45, 7) is 14.7. The fourth-order valence-electron chi connectivity index (χ4n) is 6.24. The number of nitrogens with one attached hydrogen (secondary N) is 2. The fourth-order valence-corrected chi connectivity index (χ4v) is 6.24. The number of carbonyl (C=O) groups excluding carboxylic acids is 1. The van der Waals surface area contributed by atoms with Gasteiger partial charge in [-0.15, -0.1) is 0 Å². The number of likely N-dealkylation sites (tertiary alicyclic amines) is 1. The molecule has 0 aliphatic carbocycles. The van der Waals surface area contributed by atoms with E-state index in [4.69, 9.17) is 4.74 Å². The van der Waals surface area contributed by atoms with E-state index in [0.717, 1.165) is 63.4 Å². The summed E-state index contributed by atoms with van der Waals surface area (Å²) in [5, 5.41) is 4.61. The normalized spacial score (nSPS) is 19.0. The van der Waals surface area contributed by atoms with Crippen molar-refractivity contribution in [3.63, 3.8) is 0 Å². The maximum atomic E-state index is 12.7. The molecule has 2 aliphatic rings. The molecule has 2 fully saturated rings. The third-order valence-electron chi connectivity index (χ3n) is 8.27. The highest BCUT2D eigenvalue weighted by molar-refractivity contribution is 5.92. The fraction of sp³-hybridized carbons (Fsp3) is 0.548. The second-order valence-electron chi connectivity index (χ2n) is 11.8. The van der Waals surface area contributed by atoms with E-state index in [1.807, 2.05) is 0 Å². The average molecular weight is 503 g/mol. The van der Waals surface area contributed by atoms with E-state index < -0.39 is 0 Å². The topological polar surface area (TPSA) is 70.2 Å². The van der Waals surface area contributed by atoms with Crippen LogP contribution in [0.4, 0.5) is 0 Å². The third kappa shape index (κ3) is 5.75. The van der Waals surface area contributed by atoms with Gasteiger partial charge in [0.2, 0.25) is 5.91 Å². The zero-order valence-electron chi connectivity index (χ0n) is 23.1. The van der Waals surface area contributed by atoms with E-state index in [0.29, 0.717) is 18.4 Å². The lowest BCUT2D eigenvalue weighted by atomic mass is 9.87. The standard InChI is InChI=1S/C31H42N4O2/c1-20(2)29-26-18-24(6-7-27(26)33-30(29)25-16-21(3)32-22(4)17-25)23-8-12-35(13-9-23)19-28(36)34-31(5)10-14-37-15-11-31/h6-7,16-18,20,23,33H,8-15,19H2,1-5H3,(H,34,36). The second kappa shape index (κ2) is 10.6. The zero-order valence-corrected chi connectivity index (χ0v) is 23.1. The molecule has 5 rings (SSSR count). The molecule has 0 radical (unpaired) electrons. The van der Waals surface area contributed by atoms with E-state index in [9.17, 15) is 4.79 Å². The van der Waals surface area contributed by atoms with Gasteiger partial charge in [-0.3, -0.25) is 14.7 Å². The molecule has 1 amide bonds. The van der Waals surface area contributed by atoms with Crippen LogP contribution < -0.4 is 5.32 Å². The predicted octanol–water partition coefficient (Wildman–Crippen LogP) is 5.83. The number of hydrogen-bond donors (Lipinski definition) is 2. The molecule has 37 heavy (non-hydrogen) atoms. The maximum Gasteiger partial charge on any atom is 0.234 e. The highest BCUT2D eigenvalue weighted by Gasteiger charge is 2.30. The van der Waals surface area contributed by atoms with Crippen LogP contribution in [0.15, 0.2) is 30.3 Å². The largest absolute Gasteiger partial charge is 0.381 e. The van der Waals surface area contributed by atoms with E-state index in [1.165, 1.54) is 33.3 Å². The number of aromatic amines is 1. The van der Waals surface area contributed by atoms with Gasteiger partial charge in [0.1, 0.15) is 0 Å². The van der Waals surface area contributed by atoms with Crippen molar-refractivity contribution in [2.24, 2.45) is 0 Å². The van der Waals surface area contributed by atoms with Crippen LogP contribution in [0.3, 0.4) is 0 Å². The van der Waals surface area contributed by atoms with E-state index in [1.54, 1.807) is 0 Å². The van der Waals surface area contributed by atoms with Crippen molar-refractivity contribution in [1.29, 1.82) is 0 Å². The smallest absolute Gasteiger partial charge is 0.234 e. The third-order valence-corrected chi connectivity index (χ3v) is 8.27. The molecular weight excluding hydrogens is 460 g/mol. The van der Waals surface area contributed by atoms with E-state index >= 15 is 0 Å². The Morgan fingerprint density at radius 1 is 1.14 bits per heavy atom. The Labute approximate surface area is 221 Å². The number of piperidine rings is 1. The van der Waals surface area contributed by atoms with Crippen molar-refractivity contribution in [2.75, 3.05) is 32.8 Å². The number of amides is 1. The van der Waals surface area contributed by atoms with E-state index in [2.05, 4.69) is 85.1 Å². The number of pyridine rings is 1. The molecule has 198 valence electrons. The monoisotopic (exact) mass is 502 g/mol. The lowest BCUT2D eigenvalue weighted by Gasteiger charge is -2.36. The first-order valence-corrected chi connectivity index (χ1v) is 13.9. The molecule has 2 N–H and O–H groups in total. The number of benzene rings is 1. The molecule has 0 bridgehead atoms. The summed E-state index contributed by atoms with van der Waals surface area (Å²) in [6.07, 6.45) is 3.95. The van der Waals surface area contributed by atoms with E-state index in [-0.39, 0.29) is 11.4 Å². The van der Waals surface area contributed by atoms with Crippen LogP contribution in [0, 0.1) is 13.8 Å². The van der Waals surface area contributed by atoms with Crippen LogP contribution in [-0.2, 0) is 9.53 Å². The zero-order chi connectivity index (χ0) is 26.2. The molecule has 2 aromatic heterocycles. The Morgan fingerprint density at radius 2 is 1.81 bits per heavy atom. The Hall–Kier alpha value is -2.70. The number of nitrogens with zero attached hydrogens (tertiary/aromatic N) is 2. The Kier molecular flexibility index (Phi) is 7.42. The second-order valence-corrected chi connectivity index (χ2v) is 11.8. The molecule has 6 nitrogen and oxygen atoms in total. The van der Waals surface area contributed by atoms with Gasteiger partial charge in [-0.25, -0.2) is 0 Å². The number of H-pyrrole nitrogens is 1. The number of carbonyl (C=O) groups is 1. The lowest BCUT2D eigenvalue weighted by Crippen LogP contribution is -2.52. The van der Waals surface area contributed by atoms with Crippen molar-refractivity contribution in [1.82, 2.24) is 20.2 Å². The van der Waals surface area contributed by atoms with Crippen LogP contribution in [0.5, 0.6) is 0 Å². The van der Waals surface area contributed by atoms with Gasteiger partial charge in [0.05, 0.1) is 12.2 Å². The summed E-state index contributed by atoms with van der Waals surface area (Å²) in [5.41, 5.74) is 8.41. The van der Waals surface area contributed by atoms with Crippen LogP contribution in [-0.4, -0.2) is 59.2 Å². The van der Waals surface area contributed by atoms with Gasteiger partial charge in [0, 0.05) is 46.6 Å². The van der Waals surface area contributed by atoms with Gasteiger partial charge < -0.3 is 15.0 Å². The number of aromatic nitrogens is 2. The predicted molar refractivity (Wildman–Crippen MR) is 150 cm³/mol. The minimum Gasteiger partial charge on any atom is -0.381 e. The number of rotatable bonds is 6. The van der Waals surface area contributed by atoms with Gasteiger partial charge in [0.25, 0.3) is 0 Å². The van der Waals surface area contributed by atoms with Crippen LogP contribution in [0.1, 0.15) is 80.8 Å². The molecule has 0 spiro atoms. The SMILES string of the molecule is Cc1cc(-c2[nH]c3ccc(C4CCN(CC(=O)NC5(C)CCOCC5)CC4)cc3c2C(C)C)cc(C)n1. The quantitative estimate of drug-likeness (QED) is 0.445. The number of fused-ring (bicyclic) bond motifs is 1. The first kappa shape index (κ1) is 25.9. The van der Waals surface area contributed by atoms with Crippen LogP contribution in [0.25, 0.3) is 22.2 Å². The van der Waals surface area contributed by atoms with Gasteiger partial charge in [-0.2, -0.15) is 0 Å². The summed E-state index contributed by atoms with van der Waals surface area (Å²) in [5.74, 6) is 1.08. The number of hydrogen-bond acceptors (Lipinski definition) is 4. The lowest BCUT2D eigenvalue weighted by molar-refractivity contribution is -0.125. The highest BCUT2D eigenvalue weighted by atomic mass is 16.5. The molecular formula is C31H42N4O2. The molecule has 0 unspecified atom stereocenters. The molecule has 0 saturated carbocycles. The molecule has 0 atom stereocenters. The van der Waals surface area contributed by atoms with Crippen molar-refractivity contribution in [3.8, 4) is 11.3 Å². The van der Waals surface area contributed by atoms with Gasteiger partial charge in [0.15, 0.2) is 0 Å². The first-order valence-electron chi connectivity index (χ1n) is 13.9. The Balaban J connectivity index is 1.29.